The van der Waals surface area contributed by atoms with E-state index >= 15 is 0 Å². The summed E-state index contributed by atoms with van der Waals surface area (Å²) >= 11 is 0. The number of ether oxygens (including phenoxy) is 2. The lowest BCUT2D eigenvalue weighted by Gasteiger charge is -2.31. The van der Waals surface area contributed by atoms with Crippen molar-refractivity contribution in [1.82, 2.24) is 4.90 Å². The Bertz CT molecular complexity index is 412. The predicted molar refractivity (Wildman–Crippen MR) is 72.2 cm³/mol. The summed E-state index contributed by atoms with van der Waals surface area (Å²) < 4.78 is 11.1. The normalized spacial score (nSPS) is 18.9. The maximum Gasteiger partial charge on any atom is 0.145 e. The molecular formula is C14H20N2O2. The summed E-state index contributed by atoms with van der Waals surface area (Å²) in [7, 11) is 0. The van der Waals surface area contributed by atoms with E-state index in [1.54, 1.807) is 6.26 Å². The third-order valence-corrected chi connectivity index (χ3v) is 2.96. The highest BCUT2D eigenvalue weighted by atomic mass is 16.5. The minimum Gasteiger partial charge on any atom is -0.492 e. The van der Waals surface area contributed by atoms with Gasteiger partial charge in [-0.2, -0.15) is 0 Å². The predicted octanol–water partition coefficient (Wildman–Crippen LogP) is 2.23. The number of hydrogen-bond acceptors (Lipinski definition) is 4. The van der Waals surface area contributed by atoms with E-state index in [0.29, 0.717) is 6.04 Å². The van der Waals surface area contributed by atoms with Crippen LogP contribution in [0.2, 0.25) is 0 Å². The summed E-state index contributed by atoms with van der Waals surface area (Å²) in [6.45, 7) is 6.85. The molecule has 1 fully saturated rings. The smallest absolute Gasteiger partial charge is 0.145 e. The topological polar surface area (TPSA) is 47.7 Å². The van der Waals surface area contributed by atoms with Crippen molar-refractivity contribution in [3.05, 3.63) is 36.3 Å². The molecule has 0 unspecified atom stereocenters. The van der Waals surface area contributed by atoms with Crippen LogP contribution < -0.4 is 10.5 Å². The van der Waals surface area contributed by atoms with Gasteiger partial charge in [0.05, 0.1) is 6.54 Å². The molecule has 1 aliphatic heterocycles. The number of hydrogen-bond donors (Lipinski definition) is 1. The highest BCUT2D eigenvalue weighted by Crippen LogP contribution is 2.16. The van der Waals surface area contributed by atoms with E-state index in [2.05, 4.69) is 18.7 Å². The van der Waals surface area contributed by atoms with Crippen LogP contribution in [-0.2, 0) is 4.74 Å². The van der Waals surface area contributed by atoms with E-state index in [1.165, 1.54) is 0 Å². The number of nitrogens with zero attached hydrogens (tertiary/aromatic N) is 1. The van der Waals surface area contributed by atoms with E-state index in [-0.39, 0.29) is 0 Å². The third kappa shape index (κ3) is 3.40. The highest BCUT2D eigenvalue weighted by molar-refractivity contribution is 5.41. The molecule has 4 nitrogen and oxygen atoms in total. The fraction of sp³-hybridized carbons (Fsp3) is 0.429. The lowest BCUT2D eigenvalue weighted by atomic mass is 10.3. The van der Waals surface area contributed by atoms with Crippen LogP contribution in [0.3, 0.4) is 0 Å². The molecule has 1 saturated heterocycles. The molecule has 98 valence electrons. The number of nitrogens with two attached hydrogens (primary N) is 1. The van der Waals surface area contributed by atoms with Gasteiger partial charge in [0.15, 0.2) is 0 Å². The van der Waals surface area contributed by atoms with E-state index in [9.17, 15) is 0 Å². The van der Waals surface area contributed by atoms with Crippen LogP contribution in [0.25, 0.3) is 0 Å². The Morgan fingerprint density at radius 3 is 2.72 bits per heavy atom. The lowest BCUT2D eigenvalue weighted by Crippen LogP contribution is -2.39. The molecule has 0 spiro atoms. The number of morpholine rings is 1. The molecule has 1 heterocycles. The van der Waals surface area contributed by atoms with Crippen LogP contribution in [0, 0.1) is 0 Å². The fourth-order valence-corrected chi connectivity index (χ4v) is 1.81. The maximum atomic E-state index is 5.61. The summed E-state index contributed by atoms with van der Waals surface area (Å²) in [5.74, 6) is 1.63. The van der Waals surface area contributed by atoms with E-state index in [4.69, 9.17) is 15.2 Å². The Morgan fingerprint density at radius 2 is 2.06 bits per heavy atom. The van der Waals surface area contributed by atoms with Crippen molar-refractivity contribution in [3.63, 3.8) is 0 Å². The Hall–Kier alpha value is -1.68. The first kappa shape index (κ1) is 12.8. The molecule has 18 heavy (non-hydrogen) atoms. The molecule has 0 aromatic heterocycles. The Labute approximate surface area is 108 Å². The molecule has 0 saturated carbocycles. The summed E-state index contributed by atoms with van der Waals surface area (Å²) in [6.07, 6.45) is 1.68. The first-order valence-corrected chi connectivity index (χ1v) is 6.23. The second-order valence-electron chi connectivity index (χ2n) is 4.68. The van der Waals surface area contributed by atoms with E-state index < -0.39 is 0 Å². The number of benzene rings is 1. The zero-order valence-corrected chi connectivity index (χ0v) is 10.9. The SMILES string of the molecule is CC(C)N1CCOC(=COc2ccc(N)cc2)C1. The zero-order valence-electron chi connectivity index (χ0n) is 10.9. The summed E-state index contributed by atoms with van der Waals surface area (Å²) in [6, 6.07) is 7.84. The molecular weight excluding hydrogens is 228 g/mol. The van der Waals surface area contributed by atoms with E-state index in [1.807, 2.05) is 24.3 Å². The van der Waals surface area contributed by atoms with Crippen LogP contribution in [-0.4, -0.2) is 30.6 Å². The monoisotopic (exact) mass is 248 g/mol. The third-order valence-electron chi connectivity index (χ3n) is 2.96. The molecule has 0 bridgehead atoms. The van der Waals surface area contributed by atoms with Gasteiger partial charge in [-0.3, -0.25) is 4.90 Å². The molecule has 1 aromatic rings. The van der Waals surface area contributed by atoms with Crippen molar-refractivity contribution in [1.29, 1.82) is 0 Å². The van der Waals surface area contributed by atoms with Gasteiger partial charge in [0.1, 0.15) is 24.4 Å². The molecule has 0 atom stereocenters. The fourth-order valence-electron chi connectivity index (χ4n) is 1.81. The quantitative estimate of drug-likeness (QED) is 0.658. The van der Waals surface area contributed by atoms with Gasteiger partial charge in [-0.1, -0.05) is 0 Å². The van der Waals surface area contributed by atoms with Gasteiger partial charge in [0.25, 0.3) is 0 Å². The van der Waals surface area contributed by atoms with Crippen molar-refractivity contribution in [2.24, 2.45) is 0 Å². The molecule has 0 amide bonds. The van der Waals surface area contributed by atoms with Crippen LogP contribution in [0.5, 0.6) is 5.75 Å². The van der Waals surface area contributed by atoms with Crippen molar-refractivity contribution in [2.75, 3.05) is 25.4 Å². The summed E-state index contributed by atoms with van der Waals surface area (Å²) in [5.41, 5.74) is 6.35. The minimum atomic E-state index is 0.522. The number of nitrogen functional groups attached to an aromatic ring is 1. The van der Waals surface area contributed by atoms with Gasteiger partial charge in [0, 0.05) is 18.3 Å². The second-order valence-corrected chi connectivity index (χ2v) is 4.68. The van der Waals surface area contributed by atoms with Gasteiger partial charge >= 0.3 is 0 Å². The van der Waals surface area contributed by atoms with Crippen molar-refractivity contribution in [2.45, 2.75) is 19.9 Å². The lowest BCUT2D eigenvalue weighted by molar-refractivity contribution is 0.0710. The average Bonchev–Trinajstić information content (AvgIpc) is 2.38. The zero-order chi connectivity index (χ0) is 13.0. The van der Waals surface area contributed by atoms with Gasteiger partial charge in [-0.05, 0) is 38.1 Å². The molecule has 1 aliphatic rings. The Morgan fingerprint density at radius 1 is 1.33 bits per heavy atom. The van der Waals surface area contributed by atoms with Gasteiger partial charge in [-0.25, -0.2) is 0 Å². The van der Waals surface area contributed by atoms with Crippen molar-refractivity contribution >= 4 is 5.69 Å². The first-order valence-electron chi connectivity index (χ1n) is 6.23. The molecule has 4 heteroatoms. The average molecular weight is 248 g/mol. The molecule has 1 aromatic carbocycles. The largest absolute Gasteiger partial charge is 0.492 e. The number of anilines is 1. The van der Waals surface area contributed by atoms with Crippen molar-refractivity contribution < 1.29 is 9.47 Å². The molecule has 2 rings (SSSR count). The standard InChI is InChI=1S/C14H20N2O2/c1-11(2)16-7-8-17-14(9-16)10-18-13-5-3-12(15)4-6-13/h3-6,10-11H,7-9,15H2,1-2H3. The molecule has 0 radical (unpaired) electrons. The summed E-state index contributed by atoms with van der Waals surface area (Å²) in [5, 5.41) is 0. The second kappa shape index (κ2) is 5.78. The van der Waals surface area contributed by atoms with Crippen LogP contribution >= 0.6 is 0 Å². The highest BCUT2D eigenvalue weighted by Gasteiger charge is 2.17. The van der Waals surface area contributed by atoms with Gasteiger partial charge in [0.2, 0.25) is 0 Å². The number of rotatable bonds is 3. The van der Waals surface area contributed by atoms with Gasteiger partial charge < -0.3 is 15.2 Å². The van der Waals surface area contributed by atoms with Crippen LogP contribution in [0.1, 0.15) is 13.8 Å². The van der Waals surface area contributed by atoms with E-state index in [0.717, 1.165) is 36.9 Å². The van der Waals surface area contributed by atoms with Crippen LogP contribution in [0.4, 0.5) is 5.69 Å². The maximum absolute atomic E-state index is 5.61. The van der Waals surface area contributed by atoms with Crippen molar-refractivity contribution in [3.8, 4) is 5.75 Å². The Balaban J connectivity index is 1.94. The summed E-state index contributed by atoms with van der Waals surface area (Å²) in [4.78, 5) is 2.35. The van der Waals surface area contributed by atoms with Crippen LogP contribution in [0.15, 0.2) is 36.3 Å². The molecule has 2 N–H and O–H groups in total. The first-order chi connectivity index (χ1) is 8.65. The Kier molecular flexibility index (Phi) is 4.10. The molecule has 0 aliphatic carbocycles. The van der Waals surface area contributed by atoms with Gasteiger partial charge in [-0.15, -0.1) is 0 Å². The minimum absolute atomic E-state index is 0.522.